The molecule has 1 aromatic rings. The first-order valence-corrected chi connectivity index (χ1v) is 8.24. The number of methoxy groups -OCH3 is 1. The fourth-order valence-corrected chi connectivity index (χ4v) is 3.17. The standard InChI is InChI=1S/C14H24N4O2S/c1-10(2)15-13(19)11-4-7-18(8-5-11)14-16-12(17-21-14)6-9-20-3/h10-11H,4-9H2,1-3H3,(H,15,19). The van der Waals surface area contributed by atoms with Crippen LogP contribution < -0.4 is 10.2 Å². The summed E-state index contributed by atoms with van der Waals surface area (Å²) in [5, 5.41) is 3.96. The molecule has 1 amide bonds. The van der Waals surface area contributed by atoms with Crippen molar-refractivity contribution in [2.24, 2.45) is 5.92 Å². The highest BCUT2D eigenvalue weighted by Gasteiger charge is 2.26. The summed E-state index contributed by atoms with van der Waals surface area (Å²) in [4.78, 5) is 18.8. The molecule has 6 nitrogen and oxygen atoms in total. The molecule has 0 saturated carbocycles. The van der Waals surface area contributed by atoms with Crippen LogP contribution in [0.1, 0.15) is 32.5 Å². The predicted octanol–water partition coefficient (Wildman–Crippen LogP) is 1.47. The maximum absolute atomic E-state index is 12.0. The molecule has 7 heteroatoms. The van der Waals surface area contributed by atoms with E-state index in [1.54, 1.807) is 7.11 Å². The van der Waals surface area contributed by atoms with Gasteiger partial charge in [-0.1, -0.05) is 0 Å². The van der Waals surface area contributed by atoms with E-state index in [9.17, 15) is 4.79 Å². The predicted molar refractivity (Wildman–Crippen MR) is 83.7 cm³/mol. The Bertz CT molecular complexity index is 456. The Kier molecular flexibility index (Phi) is 5.93. The minimum Gasteiger partial charge on any atom is -0.384 e. The van der Waals surface area contributed by atoms with Crippen molar-refractivity contribution in [3.63, 3.8) is 0 Å². The van der Waals surface area contributed by atoms with Crippen molar-refractivity contribution in [2.75, 3.05) is 31.7 Å². The van der Waals surface area contributed by atoms with Gasteiger partial charge in [0.2, 0.25) is 11.0 Å². The molecule has 1 aliphatic rings. The smallest absolute Gasteiger partial charge is 0.223 e. The first-order chi connectivity index (χ1) is 10.1. The highest BCUT2D eigenvalue weighted by molar-refractivity contribution is 7.09. The number of ether oxygens (including phenoxy) is 1. The third-order valence-corrected chi connectivity index (χ3v) is 4.37. The Morgan fingerprint density at radius 3 is 2.81 bits per heavy atom. The average Bonchev–Trinajstić information content (AvgIpc) is 2.93. The van der Waals surface area contributed by atoms with Crippen LogP contribution in [0.4, 0.5) is 5.13 Å². The second kappa shape index (κ2) is 7.70. The van der Waals surface area contributed by atoms with Gasteiger partial charge in [-0.15, -0.1) is 0 Å². The van der Waals surface area contributed by atoms with Crippen LogP contribution in [-0.4, -0.2) is 48.1 Å². The Morgan fingerprint density at radius 1 is 1.48 bits per heavy atom. The zero-order valence-electron chi connectivity index (χ0n) is 13.0. The molecule has 1 fully saturated rings. The molecule has 2 rings (SSSR count). The van der Waals surface area contributed by atoms with E-state index in [1.807, 2.05) is 13.8 Å². The number of rotatable bonds is 6. The van der Waals surface area contributed by atoms with Gasteiger partial charge >= 0.3 is 0 Å². The van der Waals surface area contributed by atoms with Gasteiger partial charge < -0.3 is 15.0 Å². The van der Waals surface area contributed by atoms with Gasteiger partial charge in [-0.25, -0.2) is 4.98 Å². The van der Waals surface area contributed by atoms with Crippen molar-refractivity contribution in [2.45, 2.75) is 39.2 Å². The van der Waals surface area contributed by atoms with Crippen LogP contribution in [0.3, 0.4) is 0 Å². The topological polar surface area (TPSA) is 67.3 Å². The summed E-state index contributed by atoms with van der Waals surface area (Å²) < 4.78 is 9.39. The van der Waals surface area contributed by atoms with E-state index in [0.717, 1.165) is 43.3 Å². The monoisotopic (exact) mass is 312 g/mol. The number of carbonyl (C=O) groups excluding carboxylic acids is 1. The summed E-state index contributed by atoms with van der Waals surface area (Å²) in [5.74, 6) is 1.16. The quantitative estimate of drug-likeness (QED) is 0.861. The van der Waals surface area contributed by atoms with Gasteiger partial charge in [-0.2, -0.15) is 4.37 Å². The lowest BCUT2D eigenvalue weighted by molar-refractivity contribution is -0.126. The van der Waals surface area contributed by atoms with Crippen molar-refractivity contribution in [1.29, 1.82) is 0 Å². The van der Waals surface area contributed by atoms with Crippen LogP contribution in [0.25, 0.3) is 0 Å². The van der Waals surface area contributed by atoms with Gasteiger partial charge in [0.1, 0.15) is 5.82 Å². The van der Waals surface area contributed by atoms with Gasteiger partial charge in [-0.05, 0) is 26.7 Å². The normalized spacial score (nSPS) is 16.5. The SMILES string of the molecule is COCCc1nsc(N2CCC(C(=O)NC(C)C)CC2)n1. The maximum atomic E-state index is 12.0. The number of nitrogens with one attached hydrogen (secondary N) is 1. The average molecular weight is 312 g/mol. The molecular weight excluding hydrogens is 288 g/mol. The van der Waals surface area contributed by atoms with E-state index >= 15 is 0 Å². The molecule has 0 radical (unpaired) electrons. The number of nitrogens with zero attached hydrogens (tertiary/aromatic N) is 3. The number of carbonyl (C=O) groups is 1. The highest BCUT2D eigenvalue weighted by Crippen LogP contribution is 2.25. The van der Waals surface area contributed by atoms with E-state index in [0.29, 0.717) is 6.61 Å². The zero-order valence-corrected chi connectivity index (χ0v) is 13.8. The Hall–Kier alpha value is -1.21. The molecule has 1 aromatic heterocycles. The molecule has 1 saturated heterocycles. The first kappa shape index (κ1) is 16.2. The molecule has 0 spiro atoms. The number of hydrogen-bond acceptors (Lipinski definition) is 6. The van der Waals surface area contributed by atoms with Gasteiger partial charge in [0, 0.05) is 50.1 Å². The Morgan fingerprint density at radius 2 is 2.19 bits per heavy atom. The van der Waals surface area contributed by atoms with Crippen LogP contribution >= 0.6 is 11.5 Å². The number of aromatic nitrogens is 2. The number of anilines is 1. The lowest BCUT2D eigenvalue weighted by Crippen LogP contribution is -2.42. The van der Waals surface area contributed by atoms with Gasteiger partial charge in [0.05, 0.1) is 6.61 Å². The van der Waals surface area contributed by atoms with Crippen LogP contribution in [-0.2, 0) is 16.0 Å². The summed E-state index contributed by atoms with van der Waals surface area (Å²) in [5.41, 5.74) is 0. The lowest BCUT2D eigenvalue weighted by atomic mass is 9.96. The van der Waals surface area contributed by atoms with Crippen molar-refractivity contribution >= 4 is 22.6 Å². The summed E-state index contributed by atoms with van der Waals surface area (Å²) in [6, 6.07) is 0.210. The van der Waals surface area contributed by atoms with Crippen molar-refractivity contribution in [1.82, 2.24) is 14.7 Å². The minimum atomic E-state index is 0.129. The molecule has 21 heavy (non-hydrogen) atoms. The fraction of sp³-hybridized carbons (Fsp3) is 0.786. The van der Waals surface area contributed by atoms with Crippen LogP contribution in [0.5, 0.6) is 0 Å². The first-order valence-electron chi connectivity index (χ1n) is 7.47. The summed E-state index contributed by atoms with van der Waals surface area (Å²) in [6.45, 7) is 6.38. The number of piperidine rings is 1. The third-order valence-electron chi connectivity index (χ3n) is 3.55. The second-order valence-electron chi connectivity index (χ2n) is 5.66. The van der Waals surface area contributed by atoms with E-state index < -0.39 is 0 Å². The zero-order chi connectivity index (χ0) is 15.2. The van der Waals surface area contributed by atoms with Crippen LogP contribution in [0, 0.1) is 5.92 Å². The molecule has 118 valence electrons. The Balaban J connectivity index is 1.83. The number of amides is 1. The molecule has 0 aromatic carbocycles. The van der Waals surface area contributed by atoms with Crippen molar-refractivity contribution in [3.8, 4) is 0 Å². The molecule has 0 bridgehead atoms. The molecule has 1 N–H and O–H groups in total. The number of hydrogen-bond donors (Lipinski definition) is 1. The Labute approximate surface area is 130 Å². The fourth-order valence-electron chi connectivity index (χ4n) is 2.40. The summed E-state index contributed by atoms with van der Waals surface area (Å²) >= 11 is 1.44. The van der Waals surface area contributed by atoms with Crippen molar-refractivity contribution < 1.29 is 9.53 Å². The molecule has 1 aliphatic heterocycles. The summed E-state index contributed by atoms with van der Waals surface area (Å²) in [6.07, 6.45) is 2.51. The molecule has 0 aliphatic carbocycles. The van der Waals surface area contributed by atoms with E-state index in [4.69, 9.17) is 4.74 Å². The maximum Gasteiger partial charge on any atom is 0.223 e. The van der Waals surface area contributed by atoms with Crippen molar-refractivity contribution in [3.05, 3.63) is 5.82 Å². The lowest BCUT2D eigenvalue weighted by Gasteiger charge is -2.31. The molecular formula is C14H24N4O2S. The highest BCUT2D eigenvalue weighted by atomic mass is 32.1. The van der Waals surface area contributed by atoms with E-state index in [-0.39, 0.29) is 17.9 Å². The third kappa shape index (κ3) is 4.64. The second-order valence-corrected chi connectivity index (χ2v) is 6.39. The molecule has 0 unspecified atom stereocenters. The van der Waals surface area contributed by atoms with Crippen LogP contribution in [0.2, 0.25) is 0 Å². The largest absolute Gasteiger partial charge is 0.384 e. The van der Waals surface area contributed by atoms with Gasteiger partial charge in [0.15, 0.2) is 0 Å². The molecule has 0 atom stereocenters. The minimum absolute atomic E-state index is 0.129. The summed E-state index contributed by atoms with van der Waals surface area (Å²) in [7, 11) is 1.68. The molecule has 2 heterocycles. The van der Waals surface area contributed by atoms with E-state index in [2.05, 4.69) is 19.6 Å². The van der Waals surface area contributed by atoms with Gasteiger partial charge in [-0.3, -0.25) is 4.79 Å². The van der Waals surface area contributed by atoms with Crippen LogP contribution in [0.15, 0.2) is 0 Å². The van der Waals surface area contributed by atoms with E-state index in [1.165, 1.54) is 11.5 Å². The van der Waals surface area contributed by atoms with Gasteiger partial charge in [0.25, 0.3) is 0 Å².